The highest BCUT2D eigenvalue weighted by atomic mass is 32.2. The summed E-state index contributed by atoms with van der Waals surface area (Å²) in [6, 6.07) is 8.09. The molecule has 31 heavy (non-hydrogen) atoms. The number of hydrogen-bond acceptors (Lipinski definition) is 9. The number of benzene rings is 1. The molecule has 3 unspecified atom stereocenters. The highest BCUT2D eigenvalue weighted by Crippen LogP contribution is 2.18. The molecule has 0 saturated carbocycles. The van der Waals surface area contributed by atoms with Gasteiger partial charge in [0.15, 0.2) is 5.69 Å². The molecule has 2 rings (SSSR count). The Balaban J connectivity index is 1.87. The van der Waals surface area contributed by atoms with Crippen LogP contribution in [0.2, 0.25) is 0 Å². The van der Waals surface area contributed by atoms with E-state index < -0.39 is 34.1 Å². The van der Waals surface area contributed by atoms with Gasteiger partial charge in [0.2, 0.25) is 10.0 Å². The van der Waals surface area contributed by atoms with Crippen LogP contribution in [0, 0.1) is 17.2 Å². The molecule has 3 atom stereocenters. The summed E-state index contributed by atoms with van der Waals surface area (Å²) < 4.78 is 28.7. The van der Waals surface area contributed by atoms with E-state index >= 15 is 0 Å². The van der Waals surface area contributed by atoms with Crippen molar-refractivity contribution in [3.63, 3.8) is 0 Å². The minimum atomic E-state index is -3.61. The van der Waals surface area contributed by atoms with Crippen molar-refractivity contribution in [3.05, 3.63) is 41.8 Å². The Morgan fingerprint density at radius 1 is 1.29 bits per heavy atom. The summed E-state index contributed by atoms with van der Waals surface area (Å²) >= 11 is 0. The number of phenols is 1. The van der Waals surface area contributed by atoms with Gasteiger partial charge in [-0.1, -0.05) is 12.1 Å². The monoisotopic (exact) mass is 452 g/mol. The summed E-state index contributed by atoms with van der Waals surface area (Å²) in [6.45, 7) is -0.318. The number of nitrogens with one attached hydrogen (secondary N) is 1. The number of amides is 1. The number of aliphatic hydroxyl groups is 2. The van der Waals surface area contributed by atoms with Crippen molar-refractivity contribution in [2.24, 2.45) is 5.92 Å². The van der Waals surface area contributed by atoms with E-state index in [4.69, 9.17) is 4.42 Å². The molecule has 11 nitrogen and oxygen atoms in total. The van der Waals surface area contributed by atoms with E-state index in [2.05, 4.69) is 16.4 Å². The van der Waals surface area contributed by atoms with Crippen LogP contribution in [0.4, 0.5) is 6.01 Å². The Morgan fingerprint density at radius 2 is 1.94 bits per heavy atom. The molecule has 2 aromatic rings. The lowest BCUT2D eigenvalue weighted by atomic mass is 9.93. The highest BCUT2D eigenvalue weighted by molar-refractivity contribution is 7.92. The zero-order valence-electron chi connectivity index (χ0n) is 17.0. The third kappa shape index (κ3) is 6.95. The smallest absolute Gasteiger partial charge is 0.311 e. The van der Waals surface area contributed by atoms with Gasteiger partial charge in [-0.15, -0.1) is 0 Å². The number of aromatic hydroxyl groups is 1. The van der Waals surface area contributed by atoms with E-state index in [0.717, 1.165) is 22.4 Å². The van der Waals surface area contributed by atoms with Crippen LogP contribution in [0.3, 0.4) is 0 Å². The van der Waals surface area contributed by atoms with E-state index in [9.17, 15) is 33.8 Å². The zero-order chi connectivity index (χ0) is 23.2. The minimum absolute atomic E-state index is 0.0261. The molecule has 0 aliphatic heterocycles. The molecule has 0 spiro atoms. The van der Waals surface area contributed by atoms with Crippen LogP contribution in [0.25, 0.3) is 0 Å². The molecule has 0 radical (unpaired) electrons. The van der Waals surface area contributed by atoms with Crippen molar-refractivity contribution < 1.29 is 32.9 Å². The third-order valence-electron chi connectivity index (χ3n) is 4.53. The van der Waals surface area contributed by atoms with Crippen LogP contribution in [0.5, 0.6) is 5.75 Å². The number of aromatic nitrogens is 1. The van der Waals surface area contributed by atoms with Crippen LogP contribution in [0.1, 0.15) is 22.5 Å². The lowest BCUT2D eigenvalue weighted by Gasteiger charge is -2.20. The predicted octanol–water partition coefficient (Wildman–Crippen LogP) is 0.000180. The lowest BCUT2D eigenvalue weighted by Crippen LogP contribution is -2.40. The summed E-state index contributed by atoms with van der Waals surface area (Å²) in [4.78, 5) is 15.9. The number of carbonyl (C=O) groups is 1. The zero-order valence-corrected chi connectivity index (χ0v) is 17.8. The number of hydrogen-bond donors (Lipinski definition) is 4. The number of sulfonamides is 1. The quantitative estimate of drug-likeness (QED) is 0.386. The fourth-order valence-corrected chi connectivity index (χ4v) is 2.99. The number of rotatable bonds is 10. The van der Waals surface area contributed by atoms with Crippen molar-refractivity contribution in [3.8, 4) is 11.8 Å². The largest absolute Gasteiger partial charge is 0.508 e. The minimum Gasteiger partial charge on any atom is -0.508 e. The van der Waals surface area contributed by atoms with Gasteiger partial charge in [-0.05, 0) is 30.5 Å². The molecule has 168 valence electrons. The summed E-state index contributed by atoms with van der Waals surface area (Å²) in [6.07, 6.45) is -0.399. The molecule has 1 heterocycles. The maximum Gasteiger partial charge on any atom is 0.311 e. The van der Waals surface area contributed by atoms with Crippen LogP contribution in [-0.4, -0.2) is 66.7 Å². The van der Waals surface area contributed by atoms with Crippen LogP contribution < -0.4 is 9.62 Å². The number of anilines is 1. The first-order valence-corrected chi connectivity index (χ1v) is 11.1. The molecule has 0 saturated heterocycles. The first kappa shape index (κ1) is 24.1. The molecule has 0 aliphatic rings. The van der Waals surface area contributed by atoms with Gasteiger partial charge in [-0.25, -0.2) is 12.7 Å². The molecule has 1 aromatic carbocycles. The summed E-state index contributed by atoms with van der Waals surface area (Å²) in [7, 11) is -2.40. The van der Waals surface area contributed by atoms with Crippen molar-refractivity contribution in [1.29, 1.82) is 5.26 Å². The molecule has 1 aromatic heterocycles. The molecule has 0 fully saturated rings. The van der Waals surface area contributed by atoms with Crippen LogP contribution >= 0.6 is 0 Å². The van der Waals surface area contributed by atoms with Crippen molar-refractivity contribution in [1.82, 2.24) is 10.3 Å². The molecular weight excluding hydrogens is 428 g/mol. The van der Waals surface area contributed by atoms with E-state index in [1.165, 1.54) is 19.2 Å². The van der Waals surface area contributed by atoms with Gasteiger partial charge in [0.25, 0.3) is 5.91 Å². The summed E-state index contributed by atoms with van der Waals surface area (Å²) in [5.74, 6) is -1.22. The van der Waals surface area contributed by atoms with Gasteiger partial charge in [0, 0.05) is 13.6 Å². The third-order valence-corrected chi connectivity index (χ3v) is 5.69. The van der Waals surface area contributed by atoms with Crippen LogP contribution in [0.15, 0.2) is 34.9 Å². The van der Waals surface area contributed by atoms with E-state index in [1.54, 1.807) is 12.1 Å². The Labute approximate surface area is 179 Å². The molecule has 4 N–H and O–H groups in total. The number of oxazole rings is 1. The molecule has 12 heteroatoms. The highest BCUT2D eigenvalue weighted by Gasteiger charge is 2.24. The first-order chi connectivity index (χ1) is 14.5. The lowest BCUT2D eigenvalue weighted by molar-refractivity contribution is 0.00986. The number of carbonyl (C=O) groups excluding carboxylic acids is 1. The maximum absolute atomic E-state index is 12.1. The topological polar surface area (TPSA) is 177 Å². The predicted molar refractivity (Wildman–Crippen MR) is 110 cm³/mol. The Bertz CT molecular complexity index is 1030. The van der Waals surface area contributed by atoms with Crippen LogP contribution in [-0.2, 0) is 16.4 Å². The Morgan fingerprint density at radius 3 is 2.52 bits per heavy atom. The average molecular weight is 452 g/mol. The van der Waals surface area contributed by atoms with E-state index in [-0.39, 0.29) is 30.4 Å². The Hall–Kier alpha value is -3.14. The average Bonchev–Trinajstić information content (AvgIpc) is 3.21. The second-order valence-electron chi connectivity index (χ2n) is 7.02. The van der Waals surface area contributed by atoms with Crippen molar-refractivity contribution >= 4 is 21.9 Å². The second kappa shape index (κ2) is 10.3. The van der Waals surface area contributed by atoms with E-state index in [0.29, 0.717) is 6.42 Å². The molecule has 1 amide bonds. The number of aliphatic hydroxyl groups excluding tert-OH is 2. The fourth-order valence-electron chi connectivity index (χ4n) is 2.63. The summed E-state index contributed by atoms with van der Waals surface area (Å²) in [5, 5.41) is 41.3. The number of nitriles is 1. The molecule has 0 bridgehead atoms. The van der Waals surface area contributed by atoms with Crippen molar-refractivity contribution in [2.45, 2.75) is 25.0 Å². The SMILES string of the molecule is CN(c1nc(C(=O)NCC(O)C(O)CC(C#N)Cc2ccc(O)cc2)co1)S(C)(=O)=O. The van der Waals surface area contributed by atoms with Gasteiger partial charge >= 0.3 is 6.01 Å². The molecular formula is C19H24N4O7S. The van der Waals surface area contributed by atoms with Gasteiger partial charge in [-0.3, -0.25) is 4.79 Å². The van der Waals surface area contributed by atoms with Gasteiger partial charge < -0.3 is 25.1 Å². The fraction of sp³-hybridized carbons (Fsp3) is 0.421. The first-order valence-electron chi connectivity index (χ1n) is 9.22. The van der Waals surface area contributed by atoms with Gasteiger partial charge in [0.05, 0.1) is 30.5 Å². The maximum atomic E-state index is 12.1. The van der Waals surface area contributed by atoms with E-state index in [1.807, 2.05) is 0 Å². The normalized spacial score (nSPS) is 14.3. The summed E-state index contributed by atoms with van der Waals surface area (Å²) in [5.41, 5.74) is 0.592. The van der Waals surface area contributed by atoms with Gasteiger partial charge in [0.1, 0.15) is 12.0 Å². The standard InChI is InChI=1S/C19H24N4O7S/c1-23(31(2,28)29)19-22-15(11-30-19)18(27)21-10-17(26)16(25)8-13(9-20)7-12-3-5-14(24)6-4-12/h3-6,11,13,16-17,24-26H,7-8,10H2,1-2H3,(H,21,27). The number of phenolic OH excluding ortho intramolecular Hbond substituents is 1. The van der Waals surface area contributed by atoms with Gasteiger partial charge in [-0.2, -0.15) is 10.2 Å². The second-order valence-corrected chi connectivity index (χ2v) is 9.04. The molecule has 0 aliphatic carbocycles. The van der Waals surface area contributed by atoms with Crippen molar-refractivity contribution in [2.75, 3.05) is 24.2 Å². The number of nitrogens with zero attached hydrogens (tertiary/aromatic N) is 3. The Kier molecular flexibility index (Phi) is 7.98.